The van der Waals surface area contributed by atoms with E-state index in [1.165, 1.54) is 16.0 Å². The van der Waals surface area contributed by atoms with Gasteiger partial charge >= 0.3 is 0 Å². The fourth-order valence-electron chi connectivity index (χ4n) is 3.62. The molecule has 5 nitrogen and oxygen atoms in total. The van der Waals surface area contributed by atoms with Gasteiger partial charge in [-0.3, -0.25) is 9.69 Å². The van der Waals surface area contributed by atoms with Crippen LogP contribution in [0.4, 0.5) is 5.13 Å². The molecule has 25 heavy (non-hydrogen) atoms. The van der Waals surface area contributed by atoms with E-state index >= 15 is 0 Å². The molecule has 0 atom stereocenters. The van der Waals surface area contributed by atoms with Crippen LogP contribution in [0.25, 0.3) is 10.4 Å². The summed E-state index contributed by atoms with van der Waals surface area (Å²) in [7, 11) is 2.14. The Kier molecular flexibility index (Phi) is 4.83. The summed E-state index contributed by atoms with van der Waals surface area (Å²) in [6, 6.07) is 8.51. The first-order valence-electron chi connectivity index (χ1n) is 8.98. The van der Waals surface area contributed by atoms with E-state index in [1.54, 1.807) is 11.3 Å². The van der Waals surface area contributed by atoms with E-state index in [1.807, 2.05) is 0 Å². The highest BCUT2D eigenvalue weighted by molar-refractivity contribution is 7.19. The molecule has 6 heteroatoms. The lowest BCUT2D eigenvalue weighted by Gasteiger charge is -2.18. The van der Waals surface area contributed by atoms with Gasteiger partial charge in [-0.15, -0.1) is 0 Å². The van der Waals surface area contributed by atoms with Crippen molar-refractivity contribution in [2.75, 3.05) is 45.1 Å². The quantitative estimate of drug-likeness (QED) is 0.918. The van der Waals surface area contributed by atoms with Crippen LogP contribution < -0.4 is 5.32 Å². The van der Waals surface area contributed by atoms with Gasteiger partial charge in [-0.2, -0.15) is 0 Å². The number of rotatable bonds is 3. The van der Waals surface area contributed by atoms with Gasteiger partial charge in [0, 0.05) is 13.1 Å². The van der Waals surface area contributed by atoms with Crippen LogP contribution in [0.2, 0.25) is 0 Å². The number of aromatic nitrogens is 1. The van der Waals surface area contributed by atoms with Gasteiger partial charge < -0.3 is 10.2 Å². The number of benzene rings is 1. The first-order valence-corrected chi connectivity index (χ1v) is 9.79. The molecule has 1 aliphatic heterocycles. The number of likely N-dealkylation sites (N-methyl/N-ethyl adjacent to an activating group) is 1. The Hall–Kier alpha value is -1.76. The molecule has 1 N–H and O–H groups in total. The Morgan fingerprint density at radius 3 is 3.00 bits per heavy atom. The van der Waals surface area contributed by atoms with E-state index < -0.39 is 0 Å². The Morgan fingerprint density at radius 1 is 1.20 bits per heavy atom. The number of carbonyl (C=O) groups excluding carboxylic acids is 1. The van der Waals surface area contributed by atoms with E-state index in [0.29, 0.717) is 6.54 Å². The van der Waals surface area contributed by atoms with Crippen molar-refractivity contribution in [3.05, 3.63) is 35.5 Å². The lowest BCUT2D eigenvalue weighted by atomic mass is 9.94. The van der Waals surface area contributed by atoms with Crippen molar-refractivity contribution < 1.29 is 4.79 Å². The lowest BCUT2D eigenvalue weighted by molar-refractivity contribution is -0.117. The topological polar surface area (TPSA) is 48.5 Å². The predicted octanol–water partition coefficient (Wildman–Crippen LogP) is 2.48. The minimum absolute atomic E-state index is 0.0453. The van der Waals surface area contributed by atoms with E-state index in [2.05, 4.69) is 51.4 Å². The molecule has 132 valence electrons. The molecule has 1 amide bonds. The number of fused-ring (bicyclic) bond motifs is 3. The van der Waals surface area contributed by atoms with Crippen LogP contribution >= 0.6 is 11.3 Å². The van der Waals surface area contributed by atoms with Gasteiger partial charge in [0.05, 0.1) is 17.1 Å². The minimum Gasteiger partial charge on any atom is -0.305 e. The number of thiazole rings is 1. The van der Waals surface area contributed by atoms with Crippen molar-refractivity contribution in [2.24, 2.45) is 0 Å². The van der Waals surface area contributed by atoms with E-state index in [-0.39, 0.29) is 5.91 Å². The van der Waals surface area contributed by atoms with Crippen molar-refractivity contribution >= 4 is 22.4 Å². The van der Waals surface area contributed by atoms with Gasteiger partial charge in [0.25, 0.3) is 0 Å². The SMILES string of the molecule is CN1CCCN(CC(=O)Nc2nc3c(s2)-c2ccccc2CC3)CC1. The van der Waals surface area contributed by atoms with Crippen molar-refractivity contribution in [3.8, 4) is 10.4 Å². The molecule has 0 bridgehead atoms. The monoisotopic (exact) mass is 356 g/mol. The maximum absolute atomic E-state index is 12.4. The first kappa shape index (κ1) is 16.7. The third-order valence-electron chi connectivity index (χ3n) is 5.02. The molecule has 4 rings (SSSR count). The third kappa shape index (κ3) is 3.76. The van der Waals surface area contributed by atoms with Crippen molar-refractivity contribution in [3.63, 3.8) is 0 Å². The average molecular weight is 356 g/mol. The maximum Gasteiger partial charge on any atom is 0.240 e. The Labute approximate surface area is 152 Å². The fraction of sp³-hybridized carbons (Fsp3) is 0.474. The summed E-state index contributed by atoms with van der Waals surface area (Å²) < 4.78 is 0. The summed E-state index contributed by atoms with van der Waals surface area (Å²) in [6.45, 7) is 4.52. The molecule has 2 aliphatic rings. The Balaban J connectivity index is 1.42. The van der Waals surface area contributed by atoms with Crippen LogP contribution in [0, 0.1) is 0 Å². The normalized spacial score (nSPS) is 18.3. The van der Waals surface area contributed by atoms with Crippen molar-refractivity contribution in [2.45, 2.75) is 19.3 Å². The van der Waals surface area contributed by atoms with Gasteiger partial charge in [0.2, 0.25) is 5.91 Å². The number of carbonyl (C=O) groups is 1. The summed E-state index contributed by atoms with van der Waals surface area (Å²) in [5, 5.41) is 3.76. The van der Waals surface area contributed by atoms with Crippen molar-refractivity contribution in [1.82, 2.24) is 14.8 Å². The molecule has 0 radical (unpaired) electrons. The number of anilines is 1. The van der Waals surface area contributed by atoms with Crippen LogP contribution in [0.15, 0.2) is 24.3 Å². The summed E-state index contributed by atoms with van der Waals surface area (Å²) in [4.78, 5) is 22.9. The zero-order chi connectivity index (χ0) is 17.2. The second kappa shape index (κ2) is 7.23. The Morgan fingerprint density at radius 2 is 2.08 bits per heavy atom. The zero-order valence-electron chi connectivity index (χ0n) is 14.6. The molecule has 0 unspecified atom stereocenters. The highest BCUT2D eigenvalue weighted by Gasteiger charge is 2.22. The van der Waals surface area contributed by atoms with Gasteiger partial charge in [0.15, 0.2) is 5.13 Å². The fourth-order valence-corrected chi connectivity index (χ4v) is 4.71. The first-order chi connectivity index (χ1) is 12.2. The number of aryl methyl sites for hydroxylation is 2. The van der Waals surface area contributed by atoms with Gasteiger partial charge in [-0.1, -0.05) is 35.6 Å². The molecule has 1 saturated heterocycles. The number of nitrogens with zero attached hydrogens (tertiary/aromatic N) is 3. The maximum atomic E-state index is 12.4. The summed E-state index contributed by atoms with van der Waals surface area (Å²) >= 11 is 1.60. The van der Waals surface area contributed by atoms with E-state index in [4.69, 9.17) is 0 Å². The molecule has 1 aliphatic carbocycles. The average Bonchev–Trinajstić information content (AvgIpc) is 2.91. The van der Waals surface area contributed by atoms with E-state index in [9.17, 15) is 4.79 Å². The van der Waals surface area contributed by atoms with E-state index in [0.717, 1.165) is 56.3 Å². The van der Waals surface area contributed by atoms with Gasteiger partial charge in [-0.05, 0) is 50.5 Å². The standard InChI is InChI=1S/C19H24N4OS/c1-22-9-4-10-23(12-11-22)13-17(24)21-19-20-16-8-7-14-5-2-3-6-15(14)18(16)25-19/h2-3,5-6H,4,7-13H2,1H3,(H,20,21,24). The molecule has 0 saturated carbocycles. The molecule has 1 aromatic heterocycles. The number of hydrogen-bond donors (Lipinski definition) is 1. The molecular formula is C19H24N4OS. The largest absolute Gasteiger partial charge is 0.305 e. The molecule has 1 fully saturated rings. The van der Waals surface area contributed by atoms with Crippen LogP contribution in [-0.4, -0.2) is 60.5 Å². The molecule has 2 aromatic rings. The van der Waals surface area contributed by atoms with Crippen LogP contribution in [0.3, 0.4) is 0 Å². The summed E-state index contributed by atoms with van der Waals surface area (Å²) in [5.41, 5.74) is 3.78. The van der Waals surface area contributed by atoms with Crippen LogP contribution in [-0.2, 0) is 17.6 Å². The van der Waals surface area contributed by atoms with Gasteiger partial charge in [-0.25, -0.2) is 4.98 Å². The zero-order valence-corrected chi connectivity index (χ0v) is 15.4. The van der Waals surface area contributed by atoms with Gasteiger partial charge in [0.1, 0.15) is 0 Å². The second-order valence-corrected chi connectivity index (χ2v) is 7.93. The molecular weight excluding hydrogens is 332 g/mol. The molecule has 0 spiro atoms. The minimum atomic E-state index is 0.0453. The smallest absolute Gasteiger partial charge is 0.240 e. The van der Waals surface area contributed by atoms with Crippen molar-refractivity contribution in [1.29, 1.82) is 0 Å². The number of amides is 1. The predicted molar refractivity (Wildman–Crippen MR) is 102 cm³/mol. The van der Waals surface area contributed by atoms with Crippen LogP contribution in [0.5, 0.6) is 0 Å². The number of nitrogens with one attached hydrogen (secondary N) is 1. The Bertz CT molecular complexity index is 773. The lowest BCUT2D eigenvalue weighted by Crippen LogP contribution is -2.35. The summed E-state index contributed by atoms with van der Waals surface area (Å²) in [6.07, 6.45) is 3.10. The molecule has 2 heterocycles. The summed E-state index contributed by atoms with van der Waals surface area (Å²) in [5.74, 6) is 0.0453. The third-order valence-corrected chi connectivity index (χ3v) is 6.06. The highest BCUT2D eigenvalue weighted by atomic mass is 32.1. The number of hydrogen-bond acceptors (Lipinski definition) is 5. The second-order valence-electron chi connectivity index (χ2n) is 6.93. The highest BCUT2D eigenvalue weighted by Crippen LogP contribution is 2.39. The molecule has 1 aromatic carbocycles. The van der Waals surface area contributed by atoms with Crippen LogP contribution in [0.1, 0.15) is 17.7 Å².